The van der Waals surface area contributed by atoms with Gasteiger partial charge in [-0.05, 0) is 43.6 Å². The summed E-state index contributed by atoms with van der Waals surface area (Å²) in [6, 6.07) is 11.6. The fraction of sp³-hybridized carbons (Fsp3) is 0.333. The van der Waals surface area contributed by atoms with Crippen LogP contribution in [0.15, 0.2) is 50.7 Å². The van der Waals surface area contributed by atoms with Gasteiger partial charge in [0, 0.05) is 4.47 Å². The lowest BCUT2D eigenvalue weighted by atomic mass is 9.84. The van der Waals surface area contributed by atoms with Crippen molar-refractivity contribution in [2.45, 2.75) is 25.2 Å². The number of halogens is 1. The lowest BCUT2D eigenvalue weighted by Gasteiger charge is -2.25. The molecule has 5 nitrogen and oxygen atoms in total. The number of hydrogen-bond donors (Lipinski definition) is 4. The maximum absolute atomic E-state index is 9.27. The molecule has 7 heteroatoms. The van der Waals surface area contributed by atoms with Crippen molar-refractivity contribution < 1.29 is 0 Å². The van der Waals surface area contributed by atoms with Gasteiger partial charge in [-0.25, -0.2) is 0 Å². The van der Waals surface area contributed by atoms with Crippen molar-refractivity contribution in [3.63, 3.8) is 0 Å². The number of piperidine rings is 1. The van der Waals surface area contributed by atoms with E-state index in [1.165, 1.54) is 32.4 Å². The number of rotatable bonds is 1. The van der Waals surface area contributed by atoms with Crippen LogP contribution in [-0.2, 0) is 0 Å². The first kappa shape index (κ1) is 19.4. The highest BCUT2D eigenvalue weighted by atomic mass is 79.9. The fourth-order valence-electron chi connectivity index (χ4n) is 2.73. The second-order valence-corrected chi connectivity index (χ2v) is 7.10. The number of allylic oxidation sites excluding steroid dienone is 2. The number of nitriles is 2. The van der Waals surface area contributed by atoms with E-state index in [1.807, 2.05) is 24.3 Å². The first-order valence-corrected chi connectivity index (χ1v) is 9.28. The maximum Gasteiger partial charge on any atom is 0.116 e. The zero-order chi connectivity index (χ0) is 18.2. The number of nitrogens with two attached hydrogens (primary N) is 1. The summed E-state index contributed by atoms with van der Waals surface area (Å²) in [5, 5.41) is 24.9. The van der Waals surface area contributed by atoms with Gasteiger partial charge in [-0.2, -0.15) is 10.5 Å². The Morgan fingerprint density at radius 1 is 1.04 bits per heavy atom. The molecule has 2 heterocycles. The lowest BCUT2D eigenvalue weighted by Crippen LogP contribution is -2.28. The first-order valence-electron chi connectivity index (χ1n) is 8.04. The summed E-state index contributed by atoms with van der Waals surface area (Å²) in [4.78, 5) is 0. The van der Waals surface area contributed by atoms with E-state index >= 15 is 0 Å². The van der Waals surface area contributed by atoms with Gasteiger partial charge >= 0.3 is 0 Å². The second kappa shape index (κ2) is 9.53. The molecule has 25 heavy (non-hydrogen) atoms. The van der Waals surface area contributed by atoms with Gasteiger partial charge in [0.2, 0.25) is 0 Å². The van der Waals surface area contributed by atoms with Crippen molar-refractivity contribution >= 4 is 28.6 Å². The quantitative estimate of drug-likeness (QED) is 0.525. The molecule has 0 saturated carbocycles. The van der Waals surface area contributed by atoms with E-state index in [4.69, 9.17) is 5.73 Å². The number of nitrogens with zero attached hydrogens (tertiary/aromatic N) is 2. The van der Waals surface area contributed by atoms with Crippen LogP contribution in [0.3, 0.4) is 0 Å². The summed E-state index contributed by atoms with van der Waals surface area (Å²) < 4.78 is 0.925. The van der Waals surface area contributed by atoms with Crippen LogP contribution in [0.5, 0.6) is 0 Å². The molecule has 0 bridgehead atoms. The molecule has 2 aliphatic heterocycles. The van der Waals surface area contributed by atoms with Crippen LogP contribution >= 0.6 is 28.6 Å². The average Bonchev–Trinajstić information content (AvgIpc) is 2.64. The summed E-state index contributed by atoms with van der Waals surface area (Å²) in [6.07, 6.45) is 4.22. The summed E-state index contributed by atoms with van der Waals surface area (Å²) in [5.41, 5.74) is 7.34. The van der Waals surface area contributed by atoms with Gasteiger partial charge in [0.05, 0.1) is 34.2 Å². The molecule has 4 N–H and O–H groups in total. The summed E-state index contributed by atoms with van der Waals surface area (Å²) in [6.45, 7) is 2.50. The second-order valence-electron chi connectivity index (χ2n) is 5.73. The predicted molar refractivity (Wildman–Crippen MR) is 105 cm³/mol. The summed E-state index contributed by atoms with van der Waals surface area (Å²) in [5.74, 6) is -0.240. The van der Waals surface area contributed by atoms with Crippen molar-refractivity contribution in [2.75, 3.05) is 13.1 Å². The van der Waals surface area contributed by atoms with Gasteiger partial charge in [0.1, 0.15) is 5.82 Å². The van der Waals surface area contributed by atoms with Crippen molar-refractivity contribution in [2.24, 2.45) is 5.73 Å². The molecule has 0 spiro atoms. The Bertz CT molecular complexity index is 704. The Morgan fingerprint density at radius 3 is 2.08 bits per heavy atom. The standard InChI is InChI=1S/C13H9BrN4S.C5H11N/c14-8-3-1-7(2-4-8)11-9(5-15)12(17)18-13(19)10(11)6-16;1-2-4-6-5-3-1/h1-4,11,18-19H,17H2;6H,1-5H2. The molecule has 0 aromatic heterocycles. The minimum Gasteiger partial charge on any atom is -0.384 e. The zero-order valence-electron chi connectivity index (χ0n) is 13.7. The largest absolute Gasteiger partial charge is 0.384 e. The van der Waals surface area contributed by atoms with Crippen molar-refractivity contribution in [1.29, 1.82) is 10.5 Å². The Hall–Kier alpha value is -1.93. The SMILES string of the molecule is C1CCNCC1.N#CC1=C(N)NC(S)=C(C#N)C1c1ccc(Br)cc1. The Balaban J connectivity index is 0.000000316. The van der Waals surface area contributed by atoms with E-state index in [0.29, 0.717) is 16.2 Å². The molecular weight excluding hydrogens is 398 g/mol. The molecule has 3 rings (SSSR count). The van der Waals surface area contributed by atoms with Crippen LogP contribution in [-0.4, -0.2) is 13.1 Å². The number of dihydropyridines is 1. The van der Waals surface area contributed by atoms with Crippen LogP contribution in [0, 0.1) is 22.7 Å². The fourth-order valence-corrected chi connectivity index (χ4v) is 3.30. The van der Waals surface area contributed by atoms with Gasteiger partial charge in [-0.1, -0.05) is 34.5 Å². The van der Waals surface area contributed by atoms with Gasteiger partial charge in [0.15, 0.2) is 0 Å². The van der Waals surface area contributed by atoms with Crippen LogP contribution < -0.4 is 16.4 Å². The average molecular weight is 418 g/mol. The number of nitrogens with one attached hydrogen (secondary N) is 2. The molecule has 2 aliphatic rings. The molecule has 1 aromatic rings. The third kappa shape index (κ3) is 5.02. The van der Waals surface area contributed by atoms with E-state index in [0.717, 1.165) is 10.0 Å². The van der Waals surface area contributed by atoms with Gasteiger partial charge in [0.25, 0.3) is 0 Å². The first-order chi connectivity index (χ1) is 12.1. The highest BCUT2D eigenvalue weighted by Gasteiger charge is 2.30. The molecule has 1 saturated heterocycles. The van der Waals surface area contributed by atoms with Crippen LogP contribution in [0.1, 0.15) is 30.7 Å². The van der Waals surface area contributed by atoms with Crippen molar-refractivity contribution in [3.05, 3.63) is 56.3 Å². The van der Waals surface area contributed by atoms with Crippen LogP contribution in [0.4, 0.5) is 0 Å². The number of hydrogen-bond acceptors (Lipinski definition) is 6. The minimum atomic E-state index is -0.475. The third-order valence-electron chi connectivity index (χ3n) is 4.03. The van der Waals surface area contributed by atoms with E-state index in [-0.39, 0.29) is 5.82 Å². The van der Waals surface area contributed by atoms with E-state index in [2.05, 4.69) is 51.3 Å². The number of benzene rings is 1. The highest BCUT2D eigenvalue weighted by Crippen LogP contribution is 2.37. The Morgan fingerprint density at radius 2 is 1.64 bits per heavy atom. The smallest absolute Gasteiger partial charge is 0.116 e. The summed E-state index contributed by atoms with van der Waals surface area (Å²) >= 11 is 7.57. The lowest BCUT2D eigenvalue weighted by molar-refractivity contribution is 0.520. The molecule has 1 unspecified atom stereocenters. The molecule has 1 atom stereocenters. The molecule has 0 amide bonds. The van der Waals surface area contributed by atoms with Crippen LogP contribution in [0.2, 0.25) is 0 Å². The Kier molecular flexibility index (Phi) is 7.39. The van der Waals surface area contributed by atoms with Gasteiger partial charge in [-0.15, -0.1) is 12.6 Å². The molecule has 1 aromatic carbocycles. The Labute approximate surface area is 162 Å². The van der Waals surface area contributed by atoms with Gasteiger partial charge < -0.3 is 16.4 Å². The predicted octanol–water partition coefficient (Wildman–Crippen LogP) is 3.25. The topological polar surface area (TPSA) is 97.7 Å². The monoisotopic (exact) mass is 417 g/mol. The number of thiol groups is 1. The third-order valence-corrected chi connectivity index (χ3v) is 4.91. The van der Waals surface area contributed by atoms with Crippen molar-refractivity contribution in [3.8, 4) is 12.1 Å². The molecule has 0 aliphatic carbocycles. The molecule has 0 radical (unpaired) electrons. The van der Waals surface area contributed by atoms with E-state index < -0.39 is 5.92 Å². The molecule has 130 valence electrons. The molecule has 1 fully saturated rings. The van der Waals surface area contributed by atoms with E-state index in [9.17, 15) is 10.5 Å². The van der Waals surface area contributed by atoms with Gasteiger partial charge in [-0.3, -0.25) is 0 Å². The van der Waals surface area contributed by atoms with Crippen LogP contribution in [0.25, 0.3) is 0 Å². The minimum absolute atomic E-state index is 0.236. The zero-order valence-corrected chi connectivity index (χ0v) is 16.2. The maximum atomic E-state index is 9.27. The van der Waals surface area contributed by atoms with Crippen molar-refractivity contribution in [1.82, 2.24) is 10.6 Å². The highest BCUT2D eigenvalue weighted by molar-refractivity contribution is 9.10. The van der Waals surface area contributed by atoms with E-state index in [1.54, 1.807) is 0 Å². The molecular formula is C18H20BrN5S. The normalized spacial score (nSPS) is 19.9. The summed E-state index contributed by atoms with van der Waals surface area (Å²) in [7, 11) is 0.